The Labute approximate surface area is 70.6 Å². The van der Waals surface area contributed by atoms with Crippen molar-refractivity contribution in [2.75, 3.05) is 0 Å². The summed E-state index contributed by atoms with van der Waals surface area (Å²) in [5.74, 6) is 0. The summed E-state index contributed by atoms with van der Waals surface area (Å²) in [6.45, 7) is 0. The summed E-state index contributed by atoms with van der Waals surface area (Å²) in [5, 5.41) is 0. The number of halogens is 1. The Morgan fingerprint density at radius 3 is 2.92 bits per heavy atom. The first-order valence-electron chi connectivity index (χ1n) is 4.14. The molecule has 2 N–H and O–H groups in total. The summed E-state index contributed by atoms with van der Waals surface area (Å²) >= 11 is 0. The van der Waals surface area contributed by atoms with Crippen LogP contribution in [-0.4, -0.2) is 11.7 Å². The molecule has 3 heteroatoms. The van der Waals surface area contributed by atoms with E-state index in [9.17, 15) is 4.39 Å². The van der Waals surface area contributed by atoms with Gasteiger partial charge in [-0.2, -0.15) is 0 Å². The van der Waals surface area contributed by atoms with Gasteiger partial charge >= 0.3 is 0 Å². The van der Waals surface area contributed by atoms with Crippen molar-refractivity contribution < 1.29 is 8.81 Å². The number of alkyl halides is 1. The van der Waals surface area contributed by atoms with Crippen LogP contribution in [0.5, 0.6) is 0 Å². The Balaban J connectivity index is 1.96. The highest BCUT2D eigenvalue weighted by Crippen LogP contribution is 2.37. The lowest BCUT2D eigenvalue weighted by Gasteiger charge is -2.39. The Morgan fingerprint density at radius 1 is 1.67 bits per heavy atom. The third kappa shape index (κ3) is 1.37. The van der Waals surface area contributed by atoms with Crippen molar-refractivity contribution in [1.82, 2.24) is 0 Å². The van der Waals surface area contributed by atoms with Gasteiger partial charge in [0.2, 0.25) is 0 Å². The second kappa shape index (κ2) is 2.59. The lowest BCUT2D eigenvalue weighted by atomic mass is 9.74. The van der Waals surface area contributed by atoms with Crippen LogP contribution >= 0.6 is 0 Å². The molecule has 0 unspecified atom stereocenters. The highest BCUT2D eigenvalue weighted by molar-refractivity contribution is 5.13. The van der Waals surface area contributed by atoms with Crippen molar-refractivity contribution in [2.45, 2.75) is 31.0 Å². The maximum Gasteiger partial charge on any atom is 0.118 e. The number of furan rings is 1. The maximum atomic E-state index is 13.6. The minimum atomic E-state index is -1.07. The van der Waals surface area contributed by atoms with E-state index in [0.29, 0.717) is 19.3 Å². The fourth-order valence-electron chi connectivity index (χ4n) is 1.78. The fourth-order valence-corrected chi connectivity index (χ4v) is 1.78. The van der Waals surface area contributed by atoms with Crippen molar-refractivity contribution in [3.63, 3.8) is 0 Å². The van der Waals surface area contributed by atoms with Gasteiger partial charge in [0.05, 0.1) is 12.5 Å². The van der Waals surface area contributed by atoms with E-state index in [2.05, 4.69) is 0 Å². The molecule has 0 aromatic carbocycles. The Bertz CT molecular complexity index is 252. The predicted octanol–water partition coefficient (Wildman–Crippen LogP) is 1.65. The Morgan fingerprint density at radius 2 is 2.42 bits per heavy atom. The average Bonchev–Trinajstić information content (AvgIpc) is 2.36. The van der Waals surface area contributed by atoms with E-state index in [1.807, 2.05) is 0 Å². The fraction of sp³-hybridized carbons (Fsp3) is 0.556. The molecule has 2 rings (SSSR count). The minimum absolute atomic E-state index is 0.0573. The highest BCUT2D eigenvalue weighted by atomic mass is 19.1. The van der Waals surface area contributed by atoms with Crippen LogP contribution in [0.4, 0.5) is 4.39 Å². The monoisotopic (exact) mass is 169 g/mol. The van der Waals surface area contributed by atoms with Gasteiger partial charge in [0.25, 0.3) is 0 Å². The van der Waals surface area contributed by atoms with Crippen molar-refractivity contribution in [3.8, 4) is 0 Å². The Hall–Kier alpha value is -0.830. The van der Waals surface area contributed by atoms with E-state index >= 15 is 0 Å². The third-order valence-corrected chi connectivity index (χ3v) is 2.36. The van der Waals surface area contributed by atoms with Crippen LogP contribution in [0.2, 0.25) is 0 Å². The van der Waals surface area contributed by atoms with E-state index in [-0.39, 0.29) is 6.04 Å². The van der Waals surface area contributed by atoms with Crippen LogP contribution in [0.25, 0.3) is 0 Å². The van der Waals surface area contributed by atoms with Crippen LogP contribution in [-0.2, 0) is 6.42 Å². The van der Waals surface area contributed by atoms with Gasteiger partial charge in [-0.15, -0.1) is 0 Å². The second-order valence-corrected chi connectivity index (χ2v) is 3.63. The lowest BCUT2D eigenvalue weighted by Crippen LogP contribution is -2.49. The van der Waals surface area contributed by atoms with E-state index in [0.717, 1.165) is 5.56 Å². The number of nitrogens with two attached hydrogens (primary N) is 1. The first-order chi connectivity index (χ1) is 5.68. The molecule has 1 heterocycles. The molecule has 0 atom stereocenters. The van der Waals surface area contributed by atoms with E-state index in [1.165, 1.54) is 0 Å². The first-order valence-corrected chi connectivity index (χ1v) is 4.14. The van der Waals surface area contributed by atoms with Gasteiger partial charge in [0.1, 0.15) is 5.67 Å². The van der Waals surface area contributed by atoms with Gasteiger partial charge in [-0.3, -0.25) is 0 Å². The molecule has 1 saturated carbocycles. The van der Waals surface area contributed by atoms with Crippen LogP contribution in [0.1, 0.15) is 18.4 Å². The highest BCUT2D eigenvalue weighted by Gasteiger charge is 2.42. The number of hydrogen-bond donors (Lipinski definition) is 1. The van der Waals surface area contributed by atoms with Gasteiger partial charge in [0.15, 0.2) is 0 Å². The minimum Gasteiger partial charge on any atom is -0.472 e. The molecular weight excluding hydrogens is 157 g/mol. The van der Waals surface area contributed by atoms with Crippen LogP contribution in [0, 0.1) is 0 Å². The van der Waals surface area contributed by atoms with Crippen LogP contribution in [0.3, 0.4) is 0 Å². The molecule has 66 valence electrons. The van der Waals surface area contributed by atoms with Crippen LogP contribution < -0.4 is 5.73 Å². The zero-order chi connectivity index (χ0) is 8.60. The number of rotatable bonds is 2. The molecule has 1 aromatic rings. The van der Waals surface area contributed by atoms with Gasteiger partial charge in [0, 0.05) is 12.5 Å². The predicted molar refractivity (Wildman–Crippen MR) is 43.5 cm³/mol. The van der Waals surface area contributed by atoms with Crippen molar-refractivity contribution in [1.29, 1.82) is 0 Å². The first kappa shape index (κ1) is 7.80. The molecule has 0 bridgehead atoms. The van der Waals surface area contributed by atoms with Gasteiger partial charge in [-0.05, 0) is 24.5 Å². The van der Waals surface area contributed by atoms with E-state index < -0.39 is 5.67 Å². The quantitative estimate of drug-likeness (QED) is 0.731. The molecule has 0 aliphatic heterocycles. The lowest BCUT2D eigenvalue weighted by molar-refractivity contribution is 0.0443. The van der Waals surface area contributed by atoms with E-state index in [4.69, 9.17) is 10.2 Å². The van der Waals surface area contributed by atoms with Gasteiger partial charge < -0.3 is 10.2 Å². The van der Waals surface area contributed by atoms with Gasteiger partial charge in [-0.1, -0.05) is 0 Å². The number of hydrogen-bond acceptors (Lipinski definition) is 2. The molecule has 2 nitrogen and oxygen atoms in total. The molecule has 12 heavy (non-hydrogen) atoms. The molecule has 1 fully saturated rings. The molecule has 1 aliphatic rings. The molecule has 1 aliphatic carbocycles. The average molecular weight is 169 g/mol. The van der Waals surface area contributed by atoms with Crippen LogP contribution in [0.15, 0.2) is 23.0 Å². The topological polar surface area (TPSA) is 39.2 Å². The van der Waals surface area contributed by atoms with Crippen molar-refractivity contribution >= 4 is 0 Å². The smallest absolute Gasteiger partial charge is 0.118 e. The maximum absolute atomic E-state index is 13.6. The normalized spacial score (nSPS) is 34.7. The second-order valence-electron chi connectivity index (χ2n) is 3.63. The third-order valence-electron chi connectivity index (χ3n) is 2.36. The Kier molecular flexibility index (Phi) is 1.68. The van der Waals surface area contributed by atoms with Crippen molar-refractivity contribution in [3.05, 3.63) is 24.2 Å². The summed E-state index contributed by atoms with van der Waals surface area (Å²) in [7, 11) is 0. The summed E-state index contributed by atoms with van der Waals surface area (Å²) in [6.07, 6.45) is 4.57. The molecule has 0 saturated heterocycles. The molecule has 1 aromatic heterocycles. The van der Waals surface area contributed by atoms with E-state index in [1.54, 1.807) is 18.6 Å². The summed E-state index contributed by atoms with van der Waals surface area (Å²) in [5.41, 5.74) is 5.37. The molecule has 0 spiro atoms. The van der Waals surface area contributed by atoms with Gasteiger partial charge in [-0.25, -0.2) is 4.39 Å². The largest absolute Gasteiger partial charge is 0.472 e. The zero-order valence-corrected chi connectivity index (χ0v) is 6.79. The molecule has 0 radical (unpaired) electrons. The zero-order valence-electron chi connectivity index (χ0n) is 6.79. The molecule has 0 amide bonds. The standard InChI is InChI=1S/C9H12FNO/c10-9(4-8(11)5-9)3-7-1-2-12-6-7/h1-2,6,8H,3-5,11H2. The molecular formula is C9H12FNO. The summed E-state index contributed by atoms with van der Waals surface area (Å²) < 4.78 is 18.5. The summed E-state index contributed by atoms with van der Waals surface area (Å²) in [6, 6.07) is 1.85. The summed E-state index contributed by atoms with van der Waals surface area (Å²) in [4.78, 5) is 0. The SMILES string of the molecule is NC1CC(F)(Cc2ccoc2)C1. The van der Waals surface area contributed by atoms with Crippen molar-refractivity contribution in [2.24, 2.45) is 5.73 Å².